The van der Waals surface area contributed by atoms with Crippen LogP contribution in [0.3, 0.4) is 0 Å². The minimum atomic E-state index is -4.58. The number of hydrogen-bond donors (Lipinski definition) is 0. The molecule has 0 saturated carbocycles. The Morgan fingerprint density at radius 1 is 0.590 bits per heavy atom. The van der Waals surface area contributed by atoms with Crippen LogP contribution in [0, 0.1) is 6.92 Å². The van der Waals surface area contributed by atoms with E-state index >= 15 is 13.2 Å². The molecule has 314 valence electrons. The number of halogens is 3. The third-order valence-corrected chi connectivity index (χ3v) is 16.5. The van der Waals surface area contributed by atoms with E-state index in [0.717, 1.165) is 69.5 Å². The molecule has 0 unspecified atom stereocenters. The predicted octanol–water partition coefficient (Wildman–Crippen LogP) is 14.3. The molecule has 2 nitrogen and oxygen atoms in total. The summed E-state index contributed by atoms with van der Waals surface area (Å²) in [5.41, 5.74) is 13.5. The van der Waals surface area contributed by atoms with Gasteiger partial charge < -0.3 is 9.80 Å². The number of anilines is 6. The molecule has 1 aromatic heterocycles. The zero-order valence-corrected chi connectivity index (χ0v) is 38.7. The summed E-state index contributed by atoms with van der Waals surface area (Å²) in [7, 11) is 0. The van der Waals surface area contributed by atoms with Crippen LogP contribution in [0.4, 0.5) is 47.3 Å². The van der Waals surface area contributed by atoms with E-state index in [0.29, 0.717) is 11.4 Å². The van der Waals surface area contributed by atoms with Gasteiger partial charge >= 0.3 is 6.18 Å². The van der Waals surface area contributed by atoms with Crippen LogP contribution in [0.15, 0.2) is 84.9 Å². The smallest absolute Gasteiger partial charge is 0.311 e. The molecular weight excluding hydrogens is 776 g/mol. The normalized spacial score (nSPS) is 19.2. The SMILES string of the molecule is Cc1cc(C(C)(C)C)ccc1N1c2cc(C(F)(F)F)cc3c2B(c2ccc4c(c2N3c2ccc3c(c2)C(C)(C)CCC3(C)C)C(C)(C)CCC4(C)C)c2sc3ccccc3c21. The third-order valence-electron chi connectivity index (χ3n) is 15.2. The number of benzene rings is 5. The zero-order valence-electron chi connectivity index (χ0n) is 37.9. The molecule has 2 aliphatic heterocycles. The van der Waals surface area contributed by atoms with E-state index in [1.54, 1.807) is 11.3 Å². The highest BCUT2D eigenvalue weighted by atomic mass is 32.1. The van der Waals surface area contributed by atoms with E-state index in [9.17, 15) is 0 Å². The van der Waals surface area contributed by atoms with Gasteiger partial charge in [-0.25, -0.2) is 0 Å². The van der Waals surface area contributed by atoms with Gasteiger partial charge in [0.1, 0.15) is 0 Å². The lowest BCUT2D eigenvalue weighted by Crippen LogP contribution is -2.61. The van der Waals surface area contributed by atoms with E-state index in [-0.39, 0.29) is 33.8 Å². The molecule has 0 bridgehead atoms. The van der Waals surface area contributed by atoms with Crippen LogP contribution < -0.4 is 25.5 Å². The zero-order chi connectivity index (χ0) is 43.6. The largest absolute Gasteiger partial charge is 0.416 e. The third kappa shape index (κ3) is 5.95. The summed E-state index contributed by atoms with van der Waals surface area (Å²) in [6.45, 7) is 27.2. The van der Waals surface area contributed by atoms with Crippen LogP contribution in [-0.2, 0) is 33.3 Å². The van der Waals surface area contributed by atoms with Gasteiger partial charge in [0.25, 0.3) is 6.71 Å². The van der Waals surface area contributed by atoms with Crippen LogP contribution in [0.2, 0.25) is 0 Å². The fourth-order valence-electron chi connectivity index (χ4n) is 11.4. The van der Waals surface area contributed by atoms with E-state index in [1.165, 1.54) is 50.2 Å². The van der Waals surface area contributed by atoms with Crippen molar-refractivity contribution in [2.75, 3.05) is 9.80 Å². The van der Waals surface area contributed by atoms with Crippen LogP contribution in [0.25, 0.3) is 10.1 Å². The van der Waals surface area contributed by atoms with Crippen molar-refractivity contribution in [3.8, 4) is 0 Å². The summed E-state index contributed by atoms with van der Waals surface area (Å²) in [6, 6.07) is 29.5. The average Bonchev–Trinajstić information content (AvgIpc) is 3.56. The molecule has 5 aromatic carbocycles. The lowest BCUT2D eigenvalue weighted by Gasteiger charge is -2.49. The maximum absolute atomic E-state index is 15.8. The quantitative estimate of drug-likeness (QED) is 0.160. The minimum absolute atomic E-state index is 0.00664. The molecule has 0 spiro atoms. The molecule has 61 heavy (non-hydrogen) atoms. The van der Waals surface area contributed by atoms with Crippen LogP contribution in [0.5, 0.6) is 0 Å². The standard InChI is InChI=1S/C54H58BF3N2S/c1-31-27-32(49(2,3)4)17-22-40(31)60-42-29-33(54(56,57)58)28-41-45(42)55(48-46(60)35-15-13-14-16-43(35)61-48)39-21-20-37-44(53(11,12)26-25-51(37,7)8)47(39)59(41)34-18-19-36-38(30-34)52(9,10)24-23-50(36,5)6/h13-22,27-30H,23-26H2,1-12H3. The maximum atomic E-state index is 15.8. The van der Waals surface area contributed by atoms with Crippen molar-refractivity contribution in [2.24, 2.45) is 0 Å². The number of rotatable bonds is 2. The first-order valence-corrected chi connectivity index (χ1v) is 23.0. The molecule has 7 heteroatoms. The molecule has 2 aliphatic carbocycles. The number of aryl methyl sites for hydroxylation is 1. The monoisotopic (exact) mass is 834 g/mol. The Hall–Kier alpha value is -4.49. The second-order valence-electron chi connectivity index (χ2n) is 22.3. The van der Waals surface area contributed by atoms with Gasteiger partial charge in [-0.05, 0) is 140 Å². The average molecular weight is 835 g/mol. The van der Waals surface area contributed by atoms with Crippen molar-refractivity contribution in [3.05, 3.63) is 124 Å². The van der Waals surface area contributed by atoms with Crippen molar-refractivity contribution in [1.82, 2.24) is 0 Å². The number of thiophene rings is 1. The Morgan fingerprint density at radius 2 is 1.20 bits per heavy atom. The molecule has 6 aromatic rings. The molecule has 0 saturated heterocycles. The van der Waals surface area contributed by atoms with Crippen molar-refractivity contribution >= 4 is 78.0 Å². The topological polar surface area (TPSA) is 6.48 Å². The number of fused-ring (bicyclic) bond motifs is 9. The second kappa shape index (κ2) is 12.8. The predicted molar refractivity (Wildman–Crippen MR) is 255 cm³/mol. The lowest BCUT2D eigenvalue weighted by atomic mass is 9.35. The molecule has 0 amide bonds. The van der Waals surface area contributed by atoms with Crippen molar-refractivity contribution in [2.45, 2.75) is 142 Å². The summed E-state index contributed by atoms with van der Waals surface area (Å²) in [6.07, 6.45) is -0.428. The van der Waals surface area contributed by atoms with Crippen LogP contribution in [-0.4, -0.2) is 6.71 Å². The molecule has 4 aliphatic rings. The fourth-order valence-corrected chi connectivity index (χ4v) is 12.7. The molecule has 0 N–H and O–H groups in total. The first-order valence-electron chi connectivity index (χ1n) is 22.2. The Morgan fingerprint density at radius 3 is 1.85 bits per heavy atom. The molecule has 0 atom stereocenters. The van der Waals surface area contributed by atoms with Crippen LogP contribution in [0.1, 0.15) is 141 Å². The summed E-state index contributed by atoms with van der Waals surface area (Å²) in [5, 5.41) is 1.06. The Kier molecular flexibility index (Phi) is 8.52. The number of alkyl halides is 3. The second-order valence-corrected chi connectivity index (χ2v) is 23.4. The van der Waals surface area contributed by atoms with Gasteiger partial charge in [-0.1, -0.05) is 125 Å². The summed E-state index contributed by atoms with van der Waals surface area (Å²) < 4.78 is 49.6. The molecular formula is C54H58BF3N2S. The maximum Gasteiger partial charge on any atom is 0.416 e. The van der Waals surface area contributed by atoms with Gasteiger partial charge in [-0.2, -0.15) is 13.2 Å². The van der Waals surface area contributed by atoms with Gasteiger partial charge in [0.2, 0.25) is 0 Å². The van der Waals surface area contributed by atoms with Gasteiger partial charge in [0, 0.05) is 43.3 Å². The highest BCUT2D eigenvalue weighted by Crippen LogP contribution is 2.56. The van der Waals surface area contributed by atoms with E-state index < -0.39 is 11.7 Å². The van der Waals surface area contributed by atoms with Gasteiger partial charge in [0.05, 0.1) is 11.3 Å². The van der Waals surface area contributed by atoms with E-state index in [1.807, 2.05) is 0 Å². The van der Waals surface area contributed by atoms with Crippen molar-refractivity contribution in [1.29, 1.82) is 0 Å². The Bertz CT molecular complexity index is 2830. The molecule has 0 fully saturated rings. The van der Waals surface area contributed by atoms with E-state index in [2.05, 4.69) is 166 Å². The van der Waals surface area contributed by atoms with Crippen molar-refractivity contribution in [3.63, 3.8) is 0 Å². The summed E-state index contributed by atoms with van der Waals surface area (Å²) >= 11 is 1.79. The van der Waals surface area contributed by atoms with Crippen LogP contribution >= 0.6 is 11.3 Å². The highest BCUT2D eigenvalue weighted by molar-refractivity contribution is 7.33. The molecule has 10 rings (SSSR count). The van der Waals surface area contributed by atoms with Gasteiger partial charge in [0.15, 0.2) is 0 Å². The summed E-state index contributed by atoms with van der Waals surface area (Å²) in [5.74, 6) is 0. The minimum Gasteiger partial charge on any atom is -0.311 e. The van der Waals surface area contributed by atoms with Crippen molar-refractivity contribution < 1.29 is 13.2 Å². The fraction of sp³-hybridized carbons (Fsp3) is 0.407. The molecule has 3 heterocycles. The van der Waals surface area contributed by atoms with Gasteiger partial charge in [-0.3, -0.25) is 0 Å². The number of hydrogen-bond acceptors (Lipinski definition) is 3. The summed E-state index contributed by atoms with van der Waals surface area (Å²) in [4.78, 5) is 4.47. The first kappa shape index (κ1) is 40.6. The van der Waals surface area contributed by atoms with E-state index in [4.69, 9.17) is 0 Å². The molecule has 0 radical (unpaired) electrons. The Labute approximate surface area is 365 Å². The lowest BCUT2D eigenvalue weighted by molar-refractivity contribution is -0.137. The highest BCUT2D eigenvalue weighted by Gasteiger charge is 2.51. The van der Waals surface area contributed by atoms with Gasteiger partial charge in [-0.15, -0.1) is 11.3 Å². The Balaban J connectivity index is 1.38. The first-order chi connectivity index (χ1) is 28.4. The number of nitrogens with zero attached hydrogens (tertiary/aromatic N) is 2.